The quantitative estimate of drug-likeness (QED) is 0.566. The summed E-state index contributed by atoms with van der Waals surface area (Å²) in [6.45, 7) is 3.18. The topological polar surface area (TPSA) is 12.0 Å². The Bertz CT molecular complexity index is 571. The second kappa shape index (κ2) is 7.95. The maximum Gasteiger partial charge on any atom is 0.0701 e. The molecule has 1 aromatic heterocycles. The van der Waals surface area contributed by atoms with Crippen molar-refractivity contribution in [2.45, 2.75) is 25.8 Å². The van der Waals surface area contributed by atoms with Crippen LogP contribution in [0, 0.1) is 0 Å². The molecule has 20 heavy (non-hydrogen) atoms. The maximum absolute atomic E-state index is 6.15. The largest absolute Gasteiger partial charge is 0.310 e. The van der Waals surface area contributed by atoms with E-state index in [-0.39, 0.29) is 6.04 Å². The molecule has 0 bridgehead atoms. The highest BCUT2D eigenvalue weighted by molar-refractivity contribution is 9.11. The van der Waals surface area contributed by atoms with Crippen molar-refractivity contribution in [3.05, 3.63) is 54.1 Å². The fourth-order valence-corrected chi connectivity index (χ4v) is 4.29. The highest BCUT2D eigenvalue weighted by Crippen LogP contribution is 2.31. The summed E-state index contributed by atoms with van der Waals surface area (Å²) in [7, 11) is 0. The van der Waals surface area contributed by atoms with Crippen molar-refractivity contribution in [1.29, 1.82) is 0 Å². The first kappa shape index (κ1) is 16.5. The van der Waals surface area contributed by atoms with E-state index >= 15 is 0 Å². The SMILES string of the molecule is CCCNC(Cc1ccc(Br)s1)c1cc(Cl)ccc1Br. The predicted molar refractivity (Wildman–Crippen MR) is 95.9 cm³/mol. The van der Waals surface area contributed by atoms with E-state index in [2.05, 4.69) is 56.2 Å². The first-order valence-corrected chi connectivity index (χ1v) is 9.30. The van der Waals surface area contributed by atoms with Gasteiger partial charge in [-0.1, -0.05) is 34.5 Å². The molecule has 0 aliphatic carbocycles. The van der Waals surface area contributed by atoms with Gasteiger partial charge < -0.3 is 5.32 Å². The minimum Gasteiger partial charge on any atom is -0.310 e. The Hall–Kier alpha value is 0.130. The first-order chi connectivity index (χ1) is 9.60. The van der Waals surface area contributed by atoms with Crippen LogP contribution in [0.3, 0.4) is 0 Å². The Morgan fingerprint density at radius 3 is 2.70 bits per heavy atom. The molecule has 2 aromatic rings. The van der Waals surface area contributed by atoms with Gasteiger partial charge in [0.05, 0.1) is 3.79 Å². The average Bonchev–Trinajstić information content (AvgIpc) is 2.83. The van der Waals surface area contributed by atoms with E-state index in [4.69, 9.17) is 11.6 Å². The zero-order valence-corrected chi connectivity index (χ0v) is 15.9. The van der Waals surface area contributed by atoms with Gasteiger partial charge in [-0.2, -0.15) is 0 Å². The van der Waals surface area contributed by atoms with Crippen molar-refractivity contribution >= 4 is 54.8 Å². The molecule has 2 rings (SSSR count). The van der Waals surface area contributed by atoms with Crippen molar-refractivity contribution in [2.75, 3.05) is 6.54 Å². The smallest absolute Gasteiger partial charge is 0.0701 e. The average molecular weight is 438 g/mol. The number of nitrogens with one attached hydrogen (secondary N) is 1. The van der Waals surface area contributed by atoms with E-state index in [0.29, 0.717) is 0 Å². The van der Waals surface area contributed by atoms with Crippen LogP contribution in [-0.4, -0.2) is 6.54 Å². The van der Waals surface area contributed by atoms with Gasteiger partial charge in [-0.15, -0.1) is 11.3 Å². The summed E-state index contributed by atoms with van der Waals surface area (Å²) < 4.78 is 2.28. The molecule has 0 aliphatic rings. The summed E-state index contributed by atoms with van der Waals surface area (Å²) in [6, 6.07) is 10.5. The van der Waals surface area contributed by atoms with Crippen molar-refractivity contribution in [3.63, 3.8) is 0 Å². The summed E-state index contributed by atoms with van der Waals surface area (Å²) in [5.74, 6) is 0. The van der Waals surface area contributed by atoms with Gasteiger partial charge in [0, 0.05) is 26.8 Å². The van der Waals surface area contributed by atoms with Crippen molar-refractivity contribution in [1.82, 2.24) is 5.32 Å². The summed E-state index contributed by atoms with van der Waals surface area (Å²) in [6.07, 6.45) is 2.08. The third kappa shape index (κ3) is 4.57. The number of benzene rings is 1. The second-order valence-electron chi connectivity index (χ2n) is 4.58. The molecule has 0 saturated heterocycles. The molecule has 0 spiro atoms. The third-order valence-electron chi connectivity index (χ3n) is 3.01. The van der Waals surface area contributed by atoms with Crippen molar-refractivity contribution < 1.29 is 0 Å². The van der Waals surface area contributed by atoms with Crippen LogP contribution in [0.25, 0.3) is 0 Å². The highest BCUT2D eigenvalue weighted by atomic mass is 79.9. The lowest BCUT2D eigenvalue weighted by Crippen LogP contribution is -2.24. The van der Waals surface area contributed by atoms with Gasteiger partial charge in [-0.3, -0.25) is 0 Å². The van der Waals surface area contributed by atoms with Gasteiger partial charge in [0.1, 0.15) is 0 Å². The lowest BCUT2D eigenvalue weighted by Gasteiger charge is -2.20. The van der Waals surface area contributed by atoms with E-state index in [1.54, 1.807) is 11.3 Å². The zero-order valence-electron chi connectivity index (χ0n) is 11.1. The number of rotatable bonds is 6. The minimum absolute atomic E-state index is 0.272. The standard InChI is InChI=1S/C15H16Br2ClNS/c1-2-7-19-14(9-11-4-6-15(17)20-11)12-8-10(18)3-5-13(12)16/h3-6,8,14,19H,2,7,9H2,1H3. The molecule has 0 radical (unpaired) electrons. The molecule has 0 fully saturated rings. The molecule has 1 unspecified atom stereocenters. The molecule has 1 heterocycles. The maximum atomic E-state index is 6.15. The van der Waals surface area contributed by atoms with E-state index in [0.717, 1.165) is 28.9 Å². The van der Waals surface area contributed by atoms with Gasteiger partial charge >= 0.3 is 0 Å². The van der Waals surface area contributed by atoms with Gasteiger partial charge in [0.15, 0.2) is 0 Å². The Morgan fingerprint density at radius 1 is 1.25 bits per heavy atom. The molecule has 108 valence electrons. The van der Waals surface area contributed by atoms with Crippen LogP contribution in [0.4, 0.5) is 0 Å². The molecule has 1 nitrogen and oxygen atoms in total. The number of thiophene rings is 1. The second-order valence-corrected chi connectivity index (χ2v) is 8.42. The molecule has 1 aromatic carbocycles. The fraction of sp³-hybridized carbons (Fsp3) is 0.333. The molecular formula is C15H16Br2ClNS. The van der Waals surface area contributed by atoms with Gasteiger partial charge in [-0.05, 0) is 64.8 Å². The van der Waals surface area contributed by atoms with Gasteiger partial charge in [0.2, 0.25) is 0 Å². The lowest BCUT2D eigenvalue weighted by molar-refractivity contribution is 0.530. The molecule has 1 N–H and O–H groups in total. The Balaban J connectivity index is 2.24. The molecule has 0 aliphatic heterocycles. The van der Waals surface area contributed by atoms with Gasteiger partial charge in [-0.25, -0.2) is 0 Å². The Morgan fingerprint density at radius 2 is 2.05 bits per heavy atom. The van der Waals surface area contributed by atoms with E-state index < -0.39 is 0 Å². The highest BCUT2D eigenvalue weighted by Gasteiger charge is 2.16. The van der Waals surface area contributed by atoms with Crippen molar-refractivity contribution in [3.8, 4) is 0 Å². The minimum atomic E-state index is 0.272. The van der Waals surface area contributed by atoms with Crippen molar-refractivity contribution in [2.24, 2.45) is 0 Å². The van der Waals surface area contributed by atoms with Crippen LogP contribution in [0.1, 0.15) is 29.8 Å². The Labute approximate surface area is 146 Å². The number of halogens is 3. The van der Waals surface area contributed by atoms with Crippen LogP contribution >= 0.6 is 54.8 Å². The van der Waals surface area contributed by atoms with Crippen LogP contribution in [0.2, 0.25) is 5.02 Å². The number of hydrogen-bond acceptors (Lipinski definition) is 2. The molecule has 1 atom stereocenters. The molecule has 5 heteroatoms. The van der Waals surface area contributed by atoms with Crippen LogP contribution in [0.15, 0.2) is 38.6 Å². The summed E-state index contributed by atoms with van der Waals surface area (Å²) in [5.41, 5.74) is 1.22. The Kier molecular flexibility index (Phi) is 6.56. The van der Waals surface area contributed by atoms with Crippen LogP contribution < -0.4 is 5.32 Å². The zero-order chi connectivity index (χ0) is 14.5. The predicted octanol–water partition coefficient (Wildman–Crippen LogP) is 6.21. The summed E-state index contributed by atoms with van der Waals surface area (Å²) >= 11 is 15.1. The number of hydrogen-bond donors (Lipinski definition) is 1. The van der Waals surface area contributed by atoms with Gasteiger partial charge in [0.25, 0.3) is 0 Å². The van der Waals surface area contributed by atoms with E-state index in [1.807, 2.05) is 18.2 Å². The van der Waals surface area contributed by atoms with E-state index in [1.165, 1.54) is 14.2 Å². The van der Waals surface area contributed by atoms with Crippen LogP contribution in [0.5, 0.6) is 0 Å². The summed E-state index contributed by atoms with van der Waals surface area (Å²) in [4.78, 5) is 1.36. The van der Waals surface area contributed by atoms with E-state index in [9.17, 15) is 0 Å². The third-order valence-corrected chi connectivity index (χ3v) is 5.61. The molecule has 0 saturated carbocycles. The lowest BCUT2D eigenvalue weighted by atomic mass is 10.0. The summed E-state index contributed by atoms with van der Waals surface area (Å²) in [5, 5.41) is 4.39. The first-order valence-electron chi connectivity index (χ1n) is 6.52. The van der Waals surface area contributed by atoms with Crippen LogP contribution in [-0.2, 0) is 6.42 Å². The fourth-order valence-electron chi connectivity index (χ4n) is 2.05. The molecular weight excluding hydrogens is 422 g/mol. The molecule has 0 amide bonds. The monoisotopic (exact) mass is 435 g/mol. The normalized spacial score (nSPS) is 12.6.